The Labute approximate surface area is 199 Å². The highest BCUT2D eigenvalue weighted by Gasteiger charge is 2.35. The number of benzene rings is 2. The van der Waals surface area contributed by atoms with Crippen LogP contribution in [0.1, 0.15) is 17.5 Å². The summed E-state index contributed by atoms with van der Waals surface area (Å²) in [4.78, 5) is 40.8. The third-order valence-corrected chi connectivity index (χ3v) is 5.75. The van der Waals surface area contributed by atoms with Gasteiger partial charge in [-0.05, 0) is 42.3 Å². The molecule has 2 aromatic rings. The summed E-state index contributed by atoms with van der Waals surface area (Å²) >= 11 is 0. The molecule has 1 aliphatic heterocycles. The van der Waals surface area contributed by atoms with Crippen LogP contribution in [0.3, 0.4) is 0 Å². The number of ether oxygens (including phenoxy) is 2. The molecule has 8 nitrogen and oxygen atoms in total. The second-order valence-corrected chi connectivity index (χ2v) is 8.15. The molecular weight excluding hydrogens is 434 g/mol. The Morgan fingerprint density at radius 1 is 1.18 bits per heavy atom. The third kappa shape index (κ3) is 6.07. The van der Waals surface area contributed by atoms with Crippen LogP contribution < -0.4 is 14.8 Å². The summed E-state index contributed by atoms with van der Waals surface area (Å²) in [6.07, 6.45) is 6.15. The number of terminal acetylenes is 1. The van der Waals surface area contributed by atoms with Crippen LogP contribution in [0.25, 0.3) is 0 Å². The van der Waals surface area contributed by atoms with E-state index in [4.69, 9.17) is 15.9 Å². The number of likely N-dealkylation sites (N-methyl/N-ethyl adjacent to an activating group) is 1. The van der Waals surface area contributed by atoms with Crippen LogP contribution in [0.4, 0.5) is 5.69 Å². The maximum absolute atomic E-state index is 12.9. The second kappa shape index (κ2) is 11.2. The fourth-order valence-electron chi connectivity index (χ4n) is 3.95. The fraction of sp³-hybridized carbons (Fsp3) is 0.346. The molecule has 1 unspecified atom stereocenters. The minimum absolute atomic E-state index is 0.0669. The quantitative estimate of drug-likeness (QED) is 0.576. The van der Waals surface area contributed by atoms with Crippen molar-refractivity contribution in [2.24, 2.45) is 5.92 Å². The van der Waals surface area contributed by atoms with Crippen molar-refractivity contribution in [2.45, 2.75) is 12.8 Å². The largest absolute Gasteiger partial charge is 0.493 e. The van der Waals surface area contributed by atoms with E-state index in [0.29, 0.717) is 42.3 Å². The molecule has 0 saturated carbocycles. The van der Waals surface area contributed by atoms with Crippen LogP contribution in [0.15, 0.2) is 42.5 Å². The van der Waals surface area contributed by atoms with Crippen molar-refractivity contribution in [2.75, 3.05) is 46.2 Å². The number of nitrogens with zero attached hydrogens (tertiary/aromatic N) is 2. The maximum atomic E-state index is 12.9. The van der Waals surface area contributed by atoms with Gasteiger partial charge in [-0.3, -0.25) is 14.4 Å². The maximum Gasteiger partial charge on any atom is 0.243 e. The monoisotopic (exact) mass is 463 g/mol. The molecule has 178 valence electrons. The Hall–Kier alpha value is -3.99. The van der Waals surface area contributed by atoms with Gasteiger partial charge in [0.05, 0.1) is 26.7 Å². The number of nitrogens with one attached hydrogen (secondary N) is 1. The van der Waals surface area contributed by atoms with Crippen LogP contribution in [-0.4, -0.2) is 68.4 Å². The van der Waals surface area contributed by atoms with Crippen LogP contribution >= 0.6 is 0 Å². The number of rotatable bonds is 9. The summed E-state index contributed by atoms with van der Waals surface area (Å²) in [6.45, 7) is 0.713. The van der Waals surface area contributed by atoms with Crippen LogP contribution in [0, 0.1) is 18.3 Å². The number of methoxy groups -OCH3 is 2. The second-order valence-electron chi connectivity index (χ2n) is 8.15. The number of hydrogen-bond acceptors (Lipinski definition) is 5. The van der Waals surface area contributed by atoms with Gasteiger partial charge in [-0.1, -0.05) is 18.1 Å². The molecule has 3 amide bonds. The smallest absolute Gasteiger partial charge is 0.243 e. The van der Waals surface area contributed by atoms with Crippen LogP contribution in [0.2, 0.25) is 0 Å². The number of hydrogen-bond donors (Lipinski definition) is 1. The van der Waals surface area contributed by atoms with Crippen molar-refractivity contribution < 1.29 is 23.9 Å². The van der Waals surface area contributed by atoms with E-state index >= 15 is 0 Å². The van der Waals surface area contributed by atoms with Gasteiger partial charge in [0, 0.05) is 37.8 Å². The normalized spacial score (nSPS) is 14.9. The molecule has 3 rings (SSSR count). The number of carbonyl (C=O) groups is 3. The van der Waals surface area contributed by atoms with Gasteiger partial charge in [0.25, 0.3) is 0 Å². The van der Waals surface area contributed by atoms with E-state index in [0.717, 1.165) is 5.56 Å². The first-order chi connectivity index (χ1) is 16.3. The number of likely N-dealkylation sites (tertiary alicyclic amines) is 1. The van der Waals surface area contributed by atoms with E-state index in [1.807, 2.05) is 18.2 Å². The van der Waals surface area contributed by atoms with Gasteiger partial charge in [0.15, 0.2) is 11.5 Å². The van der Waals surface area contributed by atoms with E-state index in [-0.39, 0.29) is 30.7 Å². The lowest BCUT2D eigenvalue weighted by Gasteiger charge is -2.21. The van der Waals surface area contributed by atoms with E-state index in [9.17, 15) is 14.4 Å². The van der Waals surface area contributed by atoms with Gasteiger partial charge in [-0.25, -0.2) is 0 Å². The summed E-state index contributed by atoms with van der Waals surface area (Å²) in [5.41, 5.74) is 2.22. The third-order valence-electron chi connectivity index (χ3n) is 5.75. The molecule has 2 aromatic carbocycles. The van der Waals surface area contributed by atoms with Gasteiger partial charge >= 0.3 is 0 Å². The average molecular weight is 464 g/mol. The SMILES string of the molecule is C#Cc1cccc(NC(=O)CN(C)C(=O)C2CC(=O)N(CCc3ccc(OC)c(OC)c3)C2)c1. The van der Waals surface area contributed by atoms with Crippen molar-refractivity contribution in [3.63, 3.8) is 0 Å². The molecule has 1 fully saturated rings. The Kier molecular flexibility index (Phi) is 8.14. The zero-order chi connectivity index (χ0) is 24.7. The highest BCUT2D eigenvalue weighted by Crippen LogP contribution is 2.28. The van der Waals surface area contributed by atoms with Crippen molar-refractivity contribution in [3.05, 3.63) is 53.6 Å². The van der Waals surface area contributed by atoms with Gasteiger partial charge in [-0.15, -0.1) is 6.42 Å². The molecule has 0 aliphatic carbocycles. The topological polar surface area (TPSA) is 88.2 Å². The van der Waals surface area contributed by atoms with Gasteiger partial charge in [-0.2, -0.15) is 0 Å². The first-order valence-electron chi connectivity index (χ1n) is 10.9. The molecule has 8 heteroatoms. The lowest BCUT2D eigenvalue weighted by molar-refractivity contribution is -0.137. The summed E-state index contributed by atoms with van der Waals surface area (Å²) < 4.78 is 10.6. The highest BCUT2D eigenvalue weighted by molar-refractivity contribution is 5.96. The van der Waals surface area contributed by atoms with E-state index in [1.54, 1.807) is 50.4 Å². The number of carbonyl (C=O) groups excluding carboxylic acids is 3. The van der Waals surface area contributed by atoms with Crippen LogP contribution in [0.5, 0.6) is 11.5 Å². The van der Waals surface area contributed by atoms with E-state index in [2.05, 4.69) is 11.2 Å². The molecular formula is C26H29N3O5. The minimum Gasteiger partial charge on any atom is -0.493 e. The lowest BCUT2D eigenvalue weighted by Crippen LogP contribution is -2.39. The molecule has 34 heavy (non-hydrogen) atoms. The zero-order valence-electron chi connectivity index (χ0n) is 19.7. The van der Waals surface area contributed by atoms with Gasteiger partial charge < -0.3 is 24.6 Å². The summed E-state index contributed by atoms with van der Waals surface area (Å²) in [5.74, 6) is 2.69. The first kappa shape index (κ1) is 24.6. The van der Waals surface area contributed by atoms with Gasteiger partial charge in [0.1, 0.15) is 0 Å². The Balaban J connectivity index is 1.51. The molecule has 0 spiro atoms. The summed E-state index contributed by atoms with van der Waals surface area (Å²) in [7, 11) is 4.72. The van der Waals surface area contributed by atoms with Crippen molar-refractivity contribution in [1.29, 1.82) is 0 Å². The molecule has 1 atom stereocenters. The molecule has 0 bridgehead atoms. The summed E-state index contributed by atoms with van der Waals surface area (Å²) in [6, 6.07) is 12.6. The molecule has 1 saturated heterocycles. The average Bonchev–Trinajstić information content (AvgIpc) is 3.22. The van der Waals surface area contributed by atoms with Crippen molar-refractivity contribution in [3.8, 4) is 23.8 Å². The van der Waals surface area contributed by atoms with Crippen molar-refractivity contribution in [1.82, 2.24) is 9.80 Å². The highest BCUT2D eigenvalue weighted by atomic mass is 16.5. The molecule has 1 N–H and O–H groups in total. The molecule has 0 aromatic heterocycles. The van der Waals surface area contributed by atoms with Crippen molar-refractivity contribution >= 4 is 23.4 Å². The first-order valence-corrected chi connectivity index (χ1v) is 10.9. The van der Waals surface area contributed by atoms with E-state index < -0.39 is 5.92 Å². The Bertz CT molecular complexity index is 1110. The predicted octanol–water partition coefficient (Wildman–Crippen LogP) is 2.17. The molecule has 1 heterocycles. The number of anilines is 1. The van der Waals surface area contributed by atoms with Crippen LogP contribution in [-0.2, 0) is 20.8 Å². The van der Waals surface area contributed by atoms with E-state index in [1.165, 1.54) is 4.90 Å². The minimum atomic E-state index is -0.472. The summed E-state index contributed by atoms with van der Waals surface area (Å²) in [5, 5.41) is 2.74. The zero-order valence-corrected chi connectivity index (χ0v) is 19.7. The predicted molar refractivity (Wildman–Crippen MR) is 129 cm³/mol. The Morgan fingerprint density at radius 3 is 2.65 bits per heavy atom. The fourth-order valence-corrected chi connectivity index (χ4v) is 3.95. The molecule has 0 radical (unpaired) electrons. The lowest BCUT2D eigenvalue weighted by atomic mass is 10.1. The Morgan fingerprint density at radius 2 is 1.94 bits per heavy atom. The van der Waals surface area contributed by atoms with Gasteiger partial charge in [0.2, 0.25) is 17.7 Å². The number of amides is 3. The standard InChI is InChI=1S/C26H29N3O5/c1-5-18-7-6-8-21(13-18)27-24(30)17-28(2)26(32)20-15-25(31)29(16-20)12-11-19-9-10-22(33-3)23(14-19)34-4/h1,6-10,13-14,20H,11-12,15-17H2,2-4H3,(H,27,30). The molecule has 1 aliphatic rings.